The number of primary sulfonamides is 1. The van der Waals surface area contributed by atoms with E-state index in [1.807, 2.05) is 12.1 Å². The molecule has 0 radical (unpaired) electrons. The number of fused-ring (bicyclic) bond motifs is 1. The summed E-state index contributed by atoms with van der Waals surface area (Å²) in [6.07, 6.45) is 9.25. The minimum absolute atomic E-state index is 0.0418. The first-order valence-corrected chi connectivity index (χ1v) is 13.2. The molecule has 4 aliphatic carbocycles. The molecule has 1 amide bonds. The van der Waals surface area contributed by atoms with Crippen LogP contribution in [0.4, 0.5) is 0 Å². The molecule has 0 spiro atoms. The van der Waals surface area contributed by atoms with Gasteiger partial charge in [-0.1, -0.05) is 13.3 Å². The largest absolute Gasteiger partial charge is 0.484 e. The zero-order valence-electron chi connectivity index (χ0n) is 18.1. The van der Waals surface area contributed by atoms with Crippen molar-refractivity contribution < 1.29 is 22.7 Å². The van der Waals surface area contributed by atoms with Crippen LogP contribution in [0.5, 0.6) is 11.5 Å². The Bertz CT molecular complexity index is 955. The molecule has 0 saturated heterocycles. The van der Waals surface area contributed by atoms with E-state index in [-0.39, 0.29) is 17.9 Å². The number of hydrogen-bond donors (Lipinski definition) is 2. The number of ether oxygens (including phenoxy) is 2. The molecule has 6 rings (SSSR count). The average molecular weight is 449 g/mol. The number of amides is 1. The van der Waals surface area contributed by atoms with Gasteiger partial charge in [0.15, 0.2) is 11.5 Å². The summed E-state index contributed by atoms with van der Waals surface area (Å²) in [6, 6.07) is 3.90. The highest BCUT2D eigenvalue weighted by Crippen LogP contribution is 2.61. The van der Waals surface area contributed by atoms with Crippen molar-refractivity contribution >= 4 is 15.9 Å². The monoisotopic (exact) mass is 448 g/mol. The molecular formula is C23H32N2O5S. The third-order valence-electron chi connectivity index (χ3n) is 7.75. The molecule has 1 aromatic carbocycles. The van der Waals surface area contributed by atoms with E-state index in [9.17, 15) is 13.2 Å². The van der Waals surface area contributed by atoms with Gasteiger partial charge in [-0.2, -0.15) is 0 Å². The van der Waals surface area contributed by atoms with Crippen LogP contribution in [-0.2, 0) is 15.4 Å². The van der Waals surface area contributed by atoms with Crippen molar-refractivity contribution in [2.45, 2.75) is 69.1 Å². The lowest BCUT2D eigenvalue weighted by Gasteiger charge is -2.57. The number of nitrogens with one attached hydrogen (secondary N) is 1. The SMILES string of the molecule is CCCCNC(=O)c1cc(C23CC4CC(CC(C4)C2)C3)cc2c1OCC(S(N)(=O)=O)O2. The highest BCUT2D eigenvalue weighted by Gasteiger charge is 2.52. The Balaban J connectivity index is 1.55. The fraction of sp³-hybridized carbons (Fsp3) is 0.696. The van der Waals surface area contributed by atoms with Crippen LogP contribution >= 0.6 is 0 Å². The number of hydrogen-bond acceptors (Lipinski definition) is 5. The van der Waals surface area contributed by atoms with Crippen LogP contribution in [0.3, 0.4) is 0 Å². The highest BCUT2D eigenvalue weighted by atomic mass is 32.2. The normalized spacial score (nSPS) is 33.4. The maximum atomic E-state index is 13.1. The van der Waals surface area contributed by atoms with E-state index in [4.69, 9.17) is 14.6 Å². The topological polar surface area (TPSA) is 108 Å². The second kappa shape index (κ2) is 7.66. The predicted molar refractivity (Wildman–Crippen MR) is 117 cm³/mol. The summed E-state index contributed by atoms with van der Waals surface area (Å²) >= 11 is 0. The molecule has 5 aliphatic rings. The van der Waals surface area contributed by atoms with Crippen LogP contribution in [0.2, 0.25) is 0 Å². The Morgan fingerprint density at radius 3 is 2.39 bits per heavy atom. The van der Waals surface area contributed by atoms with Gasteiger partial charge in [0.2, 0.25) is 5.44 Å². The molecule has 1 unspecified atom stereocenters. The number of carbonyl (C=O) groups is 1. The zero-order valence-corrected chi connectivity index (χ0v) is 18.9. The third kappa shape index (κ3) is 3.82. The van der Waals surface area contributed by atoms with E-state index >= 15 is 0 Å². The van der Waals surface area contributed by atoms with Crippen molar-refractivity contribution in [2.24, 2.45) is 22.9 Å². The summed E-state index contributed by atoms with van der Waals surface area (Å²) in [5, 5.41) is 8.29. The van der Waals surface area contributed by atoms with Crippen molar-refractivity contribution in [1.82, 2.24) is 5.32 Å². The third-order valence-corrected chi connectivity index (χ3v) is 8.72. The lowest BCUT2D eigenvalue weighted by atomic mass is 9.48. The molecule has 4 fully saturated rings. The highest BCUT2D eigenvalue weighted by molar-refractivity contribution is 7.89. The minimum Gasteiger partial charge on any atom is -0.484 e. The van der Waals surface area contributed by atoms with Gasteiger partial charge in [-0.15, -0.1) is 0 Å². The van der Waals surface area contributed by atoms with Crippen LogP contribution in [-0.4, -0.2) is 32.9 Å². The van der Waals surface area contributed by atoms with Gasteiger partial charge in [0.05, 0.1) is 5.56 Å². The van der Waals surface area contributed by atoms with Crippen molar-refractivity contribution in [1.29, 1.82) is 0 Å². The lowest BCUT2D eigenvalue weighted by Crippen LogP contribution is -2.48. The molecule has 7 nitrogen and oxygen atoms in total. The van der Waals surface area contributed by atoms with Gasteiger partial charge in [0.1, 0.15) is 6.61 Å². The summed E-state index contributed by atoms with van der Waals surface area (Å²) < 4.78 is 35.3. The number of unbranched alkanes of at least 4 members (excludes halogenated alkanes) is 1. The van der Waals surface area contributed by atoms with Gasteiger partial charge in [-0.05, 0) is 85.8 Å². The van der Waals surface area contributed by atoms with Gasteiger partial charge in [-0.3, -0.25) is 4.79 Å². The first-order valence-electron chi connectivity index (χ1n) is 11.5. The summed E-state index contributed by atoms with van der Waals surface area (Å²) in [6.45, 7) is 2.44. The fourth-order valence-corrected chi connectivity index (χ4v) is 7.24. The molecule has 31 heavy (non-hydrogen) atoms. The van der Waals surface area contributed by atoms with Crippen molar-refractivity contribution in [3.8, 4) is 11.5 Å². The number of sulfonamides is 1. The molecule has 1 heterocycles. The number of carbonyl (C=O) groups excluding carboxylic acids is 1. The van der Waals surface area contributed by atoms with E-state index in [2.05, 4.69) is 12.2 Å². The molecule has 1 aliphatic heterocycles. The Morgan fingerprint density at radius 1 is 1.16 bits per heavy atom. The molecule has 170 valence electrons. The Morgan fingerprint density at radius 2 is 1.81 bits per heavy atom. The Kier molecular flexibility index (Phi) is 5.20. The van der Waals surface area contributed by atoms with Crippen LogP contribution in [0.15, 0.2) is 12.1 Å². The number of nitrogens with two attached hydrogens (primary N) is 1. The fourth-order valence-electron chi connectivity index (χ4n) is 6.74. The average Bonchev–Trinajstić information content (AvgIpc) is 2.71. The molecule has 1 atom stereocenters. The Labute approximate surface area is 184 Å². The summed E-state index contributed by atoms with van der Waals surface area (Å²) in [5.41, 5.74) is 0.305. The smallest absolute Gasteiger partial charge is 0.255 e. The van der Waals surface area contributed by atoms with E-state index < -0.39 is 15.5 Å². The zero-order chi connectivity index (χ0) is 21.8. The quantitative estimate of drug-likeness (QED) is 0.650. The second-order valence-corrected chi connectivity index (χ2v) is 11.8. The van der Waals surface area contributed by atoms with Crippen LogP contribution in [0, 0.1) is 17.8 Å². The maximum Gasteiger partial charge on any atom is 0.255 e. The molecule has 0 aromatic heterocycles. The summed E-state index contributed by atoms with van der Waals surface area (Å²) in [4.78, 5) is 13.1. The minimum atomic E-state index is -3.92. The van der Waals surface area contributed by atoms with Gasteiger partial charge in [-0.25, -0.2) is 13.6 Å². The first kappa shape index (κ1) is 21.1. The second-order valence-electron chi connectivity index (χ2n) is 10.1. The number of benzene rings is 1. The summed E-state index contributed by atoms with van der Waals surface area (Å²) in [7, 11) is -3.92. The van der Waals surface area contributed by atoms with E-state index in [1.54, 1.807) is 0 Å². The van der Waals surface area contributed by atoms with E-state index in [0.717, 1.165) is 55.4 Å². The van der Waals surface area contributed by atoms with Crippen LogP contribution in [0.1, 0.15) is 74.2 Å². The van der Waals surface area contributed by atoms with Crippen molar-refractivity contribution in [2.75, 3.05) is 13.2 Å². The van der Waals surface area contributed by atoms with Crippen molar-refractivity contribution in [3.63, 3.8) is 0 Å². The predicted octanol–water partition coefficient (Wildman–Crippen LogP) is 3.07. The Hall–Kier alpha value is -1.80. The van der Waals surface area contributed by atoms with Gasteiger partial charge >= 0.3 is 0 Å². The molecule has 3 N–H and O–H groups in total. The number of rotatable bonds is 6. The molecule has 4 saturated carbocycles. The molecular weight excluding hydrogens is 416 g/mol. The van der Waals surface area contributed by atoms with Crippen LogP contribution < -0.4 is 19.9 Å². The molecule has 8 heteroatoms. The van der Waals surface area contributed by atoms with E-state index in [0.29, 0.717) is 23.6 Å². The first-order chi connectivity index (χ1) is 14.8. The standard InChI is InChI=1S/C23H32N2O5S/c1-2-3-4-25-22(26)18-8-17(9-19-21(18)29-13-20(30-19)31(24,27)28)23-10-14-5-15(11-23)7-16(6-14)12-23/h8-9,14-16,20H,2-7,10-13H2,1H3,(H,25,26)(H2,24,27,28). The van der Waals surface area contributed by atoms with Crippen molar-refractivity contribution in [3.05, 3.63) is 23.3 Å². The summed E-state index contributed by atoms with van der Waals surface area (Å²) in [5.74, 6) is 2.69. The van der Waals surface area contributed by atoms with Gasteiger partial charge in [0, 0.05) is 6.54 Å². The van der Waals surface area contributed by atoms with Crippen LogP contribution in [0.25, 0.3) is 0 Å². The molecule has 1 aromatic rings. The molecule has 4 bridgehead atoms. The lowest BCUT2D eigenvalue weighted by molar-refractivity contribution is -0.00545. The van der Waals surface area contributed by atoms with E-state index in [1.165, 1.54) is 19.3 Å². The van der Waals surface area contributed by atoms with Gasteiger partial charge < -0.3 is 14.8 Å². The maximum absolute atomic E-state index is 13.1. The van der Waals surface area contributed by atoms with Gasteiger partial charge in [0.25, 0.3) is 15.9 Å².